The molecular weight excluding hydrogens is 910 g/mol. The molecule has 9 heterocycles. The SMILES string of the molecule is N#COC(=O)c1cc2c(-c3ccc(N4CCN(C(=O)Cc5ccc(F)cn5)CC4)nc3)cc(-c3cnn(C4CCN(C(=O)CN5CCC(c6ccc(NC7CCC(=O)NC7=O)cc6)CC5)CC4)c3)cn2n1. The number of hydrogen-bond donors (Lipinski definition) is 2. The number of nitrogens with zero attached hydrogens (tertiary/aromatic N) is 11. The summed E-state index contributed by atoms with van der Waals surface area (Å²) in [7, 11) is 0. The van der Waals surface area contributed by atoms with Crippen LogP contribution in [0, 0.1) is 17.3 Å². The topological polar surface area (TPSA) is 216 Å². The van der Waals surface area contributed by atoms with Crippen LogP contribution in [0.2, 0.25) is 0 Å². The number of anilines is 2. The van der Waals surface area contributed by atoms with E-state index in [9.17, 15) is 28.4 Å². The average molecular weight is 962 g/mol. The molecule has 71 heavy (non-hydrogen) atoms. The van der Waals surface area contributed by atoms with Crippen LogP contribution in [0.1, 0.15) is 72.2 Å². The molecule has 1 unspecified atom stereocenters. The number of ether oxygens (including phenoxy) is 1. The quantitative estimate of drug-likeness (QED) is 0.0976. The number of likely N-dealkylation sites (tertiary alicyclic amines) is 2. The summed E-state index contributed by atoms with van der Waals surface area (Å²) in [6, 6.07) is 18.1. The second kappa shape index (κ2) is 20.5. The zero-order valence-electron chi connectivity index (χ0n) is 39.0. The number of piperazine rings is 1. The van der Waals surface area contributed by atoms with Gasteiger partial charge < -0.3 is 24.8 Å². The smallest absolute Gasteiger partial charge is 0.374 e. The Morgan fingerprint density at radius 1 is 0.789 bits per heavy atom. The number of benzene rings is 1. The Hall–Kier alpha value is -8.05. The lowest BCUT2D eigenvalue weighted by molar-refractivity contribution is -0.135. The molecule has 19 nitrogen and oxygen atoms in total. The molecule has 4 aliphatic heterocycles. The minimum absolute atomic E-state index is 0.0242. The molecule has 364 valence electrons. The first-order valence-corrected chi connectivity index (χ1v) is 24.0. The molecule has 5 aromatic heterocycles. The van der Waals surface area contributed by atoms with Crippen LogP contribution < -0.4 is 15.5 Å². The van der Waals surface area contributed by atoms with Gasteiger partial charge in [-0.2, -0.15) is 10.2 Å². The van der Waals surface area contributed by atoms with Crippen molar-refractivity contribution in [1.82, 2.24) is 49.4 Å². The molecular formula is C51H52FN13O6. The van der Waals surface area contributed by atoms with Crippen molar-refractivity contribution in [3.05, 3.63) is 114 Å². The molecule has 4 amide bonds. The van der Waals surface area contributed by atoms with Crippen LogP contribution >= 0.6 is 0 Å². The van der Waals surface area contributed by atoms with Crippen molar-refractivity contribution in [1.29, 1.82) is 5.26 Å². The van der Waals surface area contributed by atoms with Gasteiger partial charge in [0, 0.05) is 97.9 Å². The second-order valence-corrected chi connectivity index (χ2v) is 18.5. The molecule has 2 N–H and O–H groups in total. The minimum Gasteiger partial charge on any atom is -0.374 e. The molecule has 1 aromatic carbocycles. The number of carbonyl (C=O) groups excluding carboxylic acids is 5. The number of piperidine rings is 3. The highest BCUT2D eigenvalue weighted by molar-refractivity contribution is 6.01. The summed E-state index contributed by atoms with van der Waals surface area (Å²) in [5.41, 5.74) is 6.33. The number of rotatable bonds is 12. The number of nitrogens with one attached hydrogen (secondary N) is 2. The third-order valence-corrected chi connectivity index (χ3v) is 14.1. The zero-order valence-corrected chi connectivity index (χ0v) is 39.0. The van der Waals surface area contributed by atoms with Gasteiger partial charge >= 0.3 is 5.97 Å². The van der Waals surface area contributed by atoms with E-state index in [1.54, 1.807) is 27.9 Å². The van der Waals surface area contributed by atoms with E-state index in [-0.39, 0.29) is 41.8 Å². The van der Waals surface area contributed by atoms with Gasteiger partial charge in [-0.25, -0.2) is 18.7 Å². The zero-order chi connectivity index (χ0) is 49.0. The Balaban J connectivity index is 0.741. The van der Waals surface area contributed by atoms with E-state index in [0.717, 1.165) is 78.7 Å². The van der Waals surface area contributed by atoms with Gasteiger partial charge in [0.2, 0.25) is 23.6 Å². The van der Waals surface area contributed by atoms with Crippen molar-refractivity contribution in [2.75, 3.05) is 69.1 Å². The first kappa shape index (κ1) is 46.7. The van der Waals surface area contributed by atoms with Gasteiger partial charge in [0.15, 0.2) is 5.69 Å². The number of aromatic nitrogens is 6. The molecule has 0 saturated carbocycles. The highest BCUT2D eigenvalue weighted by Crippen LogP contribution is 2.34. The monoisotopic (exact) mass is 961 g/mol. The van der Waals surface area contributed by atoms with Gasteiger partial charge in [0.1, 0.15) is 17.7 Å². The number of carbonyl (C=O) groups is 5. The third-order valence-electron chi connectivity index (χ3n) is 14.1. The predicted octanol–water partition coefficient (Wildman–Crippen LogP) is 4.58. The Labute approximate surface area is 408 Å². The molecule has 0 aliphatic carbocycles. The summed E-state index contributed by atoms with van der Waals surface area (Å²) in [6.07, 6.45) is 14.2. The van der Waals surface area contributed by atoms with Crippen molar-refractivity contribution in [2.45, 2.75) is 62.9 Å². The van der Waals surface area contributed by atoms with E-state index in [0.29, 0.717) is 75.8 Å². The standard InChI is InChI=1S/C51H52FN13O6/c52-38-4-7-40(54-28-38)24-48(67)63-21-19-61(20-22-63)46-9-3-35(26-55-46)42-23-36(29-65-45(42)25-44(59-65)51(70)71-32-53)37-27-56-64(30-37)41-13-17-62(18-14-41)49(68)31-60-15-11-34(12-16-60)33-1-5-39(6-2-33)57-43-8-10-47(66)58-50(43)69/h1-7,9,23,25-30,34,41,43,57H,8,10-22,24,31H2,(H,58,66,69). The highest BCUT2D eigenvalue weighted by Gasteiger charge is 2.30. The highest BCUT2D eigenvalue weighted by atomic mass is 19.1. The fraction of sp³-hybridized carbons (Fsp3) is 0.373. The number of pyridine rings is 3. The Kier molecular flexibility index (Phi) is 13.5. The van der Waals surface area contributed by atoms with Crippen molar-refractivity contribution >= 4 is 46.6 Å². The Morgan fingerprint density at radius 2 is 1.56 bits per heavy atom. The molecule has 4 saturated heterocycles. The Morgan fingerprint density at radius 3 is 2.27 bits per heavy atom. The summed E-state index contributed by atoms with van der Waals surface area (Å²) < 4.78 is 21.5. The fourth-order valence-corrected chi connectivity index (χ4v) is 10.0. The van der Waals surface area contributed by atoms with Gasteiger partial charge in [0.25, 0.3) is 6.26 Å². The lowest BCUT2D eigenvalue weighted by atomic mass is 9.89. The maximum Gasteiger partial charge on any atom is 0.374 e. The maximum absolute atomic E-state index is 13.5. The lowest BCUT2D eigenvalue weighted by Crippen LogP contribution is -2.49. The minimum atomic E-state index is -0.867. The molecule has 1 atom stereocenters. The molecule has 10 rings (SSSR count). The summed E-state index contributed by atoms with van der Waals surface area (Å²) in [4.78, 5) is 79.7. The molecule has 0 spiro atoms. The lowest BCUT2D eigenvalue weighted by Gasteiger charge is -2.36. The van der Waals surface area contributed by atoms with Crippen LogP contribution in [0.15, 0.2) is 91.6 Å². The van der Waals surface area contributed by atoms with Crippen molar-refractivity contribution in [3.8, 4) is 28.5 Å². The van der Waals surface area contributed by atoms with Crippen LogP contribution in [0.5, 0.6) is 0 Å². The number of halogens is 1. The van der Waals surface area contributed by atoms with Crippen molar-refractivity contribution in [3.63, 3.8) is 0 Å². The molecule has 20 heteroatoms. The normalized spacial score (nSPS) is 18.3. The largest absolute Gasteiger partial charge is 0.374 e. The second-order valence-electron chi connectivity index (χ2n) is 18.5. The van der Waals surface area contributed by atoms with E-state index in [1.807, 2.05) is 52.3 Å². The number of fused-ring (bicyclic) bond motifs is 1. The number of imide groups is 1. The van der Waals surface area contributed by atoms with Crippen LogP contribution in [0.25, 0.3) is 27.8 Å². The van der Waals surface area contributed by atoms with Gasteiger partial charge in [0.05, 0.1) is 36.9 Å². The van der Waals surface area contributed by atoms with Crippen LogP contribution in [-0.4, -0.2) is 139 Å². The summed E-state index contributed by atoms with van der Waals surface area (Å²) in [5, 5.41) is 23.9. The van der Waals surface area contributed by atoms with Crippen LogP contribution in [-0.2, 0) is 30.3 Å². The van der Waals surface area contributed by atoms with E-state index in [2.05, 4.69) is 47.4 Å². The number of esters is 1. The summed E-state index contributed by atoms with van der Waals surface area (Å²) in [5.74, 6) is -0.623. The predicted molar refractivity (Wildman–Crippen MR) is 257 cm³/mol. The van der Waals surface area contributed by atoms with E-state index < -0.39 is 17.8 Å². The fourth-order valence-electron chi connectivity index (χ4n) is 10.0. The third kappa shape index (κ3) is 10.6. The van der Waals surface area contributed by atoms with Gasteiger partial charge in [-0.3, -0.25) is 39.1 Å². The van der Waals surface area contributed by atoms with Gasteiger partial charge in [-0.1, -0.05) is 12.1 Å². The first-order valence-electron chi connectivity index (χ1n) is 24.0. The van der Waals surface area contributed by atoms with Crippen molar-refractivity contribution < 1.29 is 33.1 Å². The van der Waals surface area contributed by atoms with E-state index >= 15 is 0 Å². The van der Waals surface area contributed by atoms with Gasteiger partial charge in [-0.05, 0) is 105 Å². The summed E-state index contributed by atoms with van der Waals surface area (Å²) >= 11 is 0. The first-order chi connectivity index (χ1) is 34.5. The number of amides is 4. The number of hydrogen-bond acceptors (Lipinski definition) is 14. The van der Waals surface area contributed by atoms with Crippen LogP contribution in [0.4, 0.5) is 15.9 Å². The van der Waals surface area contributed by atoms with Crippen molar-refractivity contribution in [2.24, 2.45) is 0 Å². The molecule has 4 aliphatic rings. The van der Waals surface area contributed by atoms with Crippen LogP contribution in [0.3, 0.4) is 0 Å². The average Bonchev–Trinajstić information content (AvgIpc) is 4.07. The Bertz CT molecular complexity index is 2980. The molecule has 4 fully saturated rings. The van der Waals surface area contributed by atoms with E-state index in [4.69, 9.17) is 15.3 Å². The van der Waals surface area contributed by atoms with E-state index in [1.165, 1.54) is 24.0 Å². The number of nitriles is 1. The molecule has 6 aromatic rings. The summed E-state index contributed by atoms with van der Waals surface area (Å²) in [6.45, 7) is 5.49. The van der Waals surface area contributed by atoms with Gasteiger partial charge in [-0.15, -0.1) is 5.26 Å². The maximum atomic E-state index is 13.5. The molecule has 0 radical (unpaired) electrons. The molecule has 0 bridgehead atoms.